The van der Waals surface area contributed by atoms with Gasteiger partial charge in [-0.25, -0.2) is 0 Å². The lowest BCUT2D eigenvalue weighted by atomic mass is 10.1. The third-order valence-corrected chi connectivity index (χ3v) is 4.80. The molecule has 0 bridgehead atoms. The minimum atomic E-state index is -0.0780. The van der Waals surface area contributed by atoms with Crippen LogP contribution in [0.3, 0.4) is 0 Å². The first-order valence-corrected chi connectivity index (χ1v) is 8.10. The number of fused-ring (bicyclic) bond motifs is 1. The van der Waals surface area contributed by atoms with E-state index in [0.29, 0.717) is 18.5 Å². The number of aryl methyl sites for hydroxylation is 1. The molecule has 2 aliphatic rings. The van der Waals surface area contributed by atoms with E-state index in [1.807, 2.05) is 30.0 Å². The molecular formula is C18H18N4O2. The van der Waals surface area contributed by atoms with Crippen molar-refractivity contribution in [2.24, 2.45) is 0 Å². The Morgan fingerprint density at radius 2 is 2.08 bits per heavy atom. The molecule has 0 N–H and O–H groups in total. The van der Waals surface area contributed by atoms with Crippen molar-refractivity contribution < 1.29 is 9.59 Å². The van der Waals surface area contributed by atoms with E-state index < -0.39 is 0 Å². The quantitative estimate of drug-likeness (QED) is 0.846. The summed E-state index contributed by atoms with van der Waals surface area (Å²) in [4.78, 5) is 37.2. The number of carbonyl (C=O) groups excluding carboxylic acids is 2. The van der Waals surface area contributed by atoms with Gasteiger partial charge in [0.1, 0.15) is 0 Å². The van der Waals surface area contributed by atoms with Crippen molar-refractivity contribution in [1.29, 1.82) is 0 Å². The van der Waals surface area contributed by atoms with E-state index in [1.165, 1.54) is 0 Å². The maximum absolute atomic E-state index is 12.8. The molecule has 0 aliphatic carbocycles. The van der Waals surface area contributed by atoms with Crippen LogP contribution in [0.15, 0.2) is 43.0 Å². The van der Waals surface area contributed by atoms with Crippen LogP contribution in [0.25, 0.3) is 0 Å². The molecule has 2 aliphatic heterocycles. The topological polar surface area (TPSA) is 66.4 Å². The maximum atomic E-state index is 12.8. The fourth-order valence-electron chi connectivity index (χ4n) is 3.77. The Labute approximate surface area is 140 Å². The summed E-state index contributed by atoms with van der Waals surface area (Å²) in [5, 5.41) is 0. The van der Waals surface area contributed by atoms with E-state index in [4.69, 9.17) is 0 Å². The van der Waals surface area contributed by atoms with Gasteiger partial charge in [-0.15, -0.1) is 0 Å². The van der Waals surface area contributed by atoms with Crippen LogP contribution >= 0.6 is 0 Å². The van der Waals surface area contributed by atoms with Gasteiger partial charge in [-0.2, -0.15) is 0 Å². The number of nitrogens with zero attached hydrogens (tertiary/aromatic N) is 4. The molecule has 24 heavy (non-hydrogen) atoms. The molecule has 122 valence electrons. The lowest BCUT2D eigenvalue weighted by Gasteiger charge is -2.25. The third-order valence-electron chi connectivity index (χ3n) is 4.80. The maximum Gasteiger partial charge on any atom is 0.255 e. The Morgan fingerprint density at radius 1 is 1.21 bits per heavy atom. The Kier molecular flexibility index (Phi) is 3.52. The summed E-state index contributed by atoms with van der Waals surface area (Å²) in [6, 6.07) is 5.52. The largest absolute Gasteiger partial charge is 0.333 e. The average molecular weight is 322 g/mol. The van der Waals surface area contributed by atoms with Crippen LogP contribution in [0.1, 0.15) is 28.8 Å². The minimum absolute atomic E-state index is 0.0309. The van der Waals surface area contributed by atoms with Gasteiger partial charge in [0.25, 0.3) is 5.91 Å². The molecule has 2 fully saturated rings. The number of aromatic nitrogens is 2. The van der Waals surface area contributed by atoms with Gasteiger partial charge >= 0.3 is 0 Å². The molecule has 2 aromatic rings. The Hall–Kier alpha value is -2.76. The van der Waals surface area contributed by atoms with Gasteiger partial charge in [-0.1, -0.05) is 0 Å². The number of amides is 2. The first kappa shape index (κ1) is 14.8. The van der Waals surface area contributed by atoms with Gasteiger partial charge in [0.05, 0.1) is 29.5 Å². The molecule has 0 spiro atoms. The summed E-state index contributed by atoms with van der Waals surface area (Å²) in [5.41, 5.74) is 2.35. The van der Waals surface area contributed by atoms with Crippen molar-refractivity contribution in [3.8, 4) is 0 Å². The average Bonchev–Trinajstić information content (AvgIpc) is 3.12. The Bertz CT molecular complexity index is 793. The van der Waals surface area contributed by atoms with Crippen LogP contribution in [0.5, 0.6) is 0 Å². The SMILES string of the molecule is Cc1cncc(C(=O)N2CC[C@@H]3[C@@H]2CC(=O)N3c2cccnc2)c1. The lowest BCUT2D eigenvalue weighted by molar-refractivity contribution is -0.117. The Morgan fingerprint density at radius 3 is 2.83 bits per heavy atom. The number of rotatable bonds is 2. The van der Waals surface area contributed by atoms with Gasteiger partial charge in [0.15, 0.2) is 0 Å². The van der Waals surface area contributed by atoms with Gasteiger partial charge in [0.2, 0.25) is 5.91 Å². The van der Waals surface area contributed by atoms with Crippen molar-refractivity contribution in [2.75, 3.05) is 11.4 Å². The molecule has 0 radical (unpaired) electrons. The van der Waals surface area contributed by atoms with Crippen LogP contribution in [-0.4, -0.2) is 45.3 Å². The van der Waals surface area contributed by atoms with E-state index >= 15 is 0 Å². The van der Waals surface area contributed by atoms with Crippen LogP contribution < -0.4 is 4.90 Å². The predicted octanol–water partition coefficient (Wildman–Crippen LogP) is 1.81. The lowest BCUT2D eigenvalue weighted by Crippen LogP contribution is -2.40. The van der Waals surface area contributed by atoms with Gasteiger partial charge in [-0.05, 0) is 37.1 Å². The molecule has 2 saturated heterocycles. The van der Waals surface area contributed by atoms with E-state index in [9.17, 15) is 9.59 Å². The molecule has 6 nitrogen and oxygen atoms in total. The normalized spacial score (nSPS) is 22.8. The van der Waals surface area contributed by atoms with Crippen LogP contribution in [0, 0.1) is 6.92 Å². The van der Waals surface area contributed by atoms with E-state index in [1.54, 1.807) is 29.7 Å². The smallest absolute Gasteiger partial charge is 0.255 e. The summed E-state index contributed by atoms with van der Waals surface area (Å²) in [6.07, 6.45) is 7.87. The fourth-order valence-corrected chi connectivity index (χ4v) is 3.77. The van der Waals surface area contributed by atoms with Gasteiger partial charge in [-0.3, -0.25) is 19.6 Å². The highest BCUT2D eigenvalue weighted by Gasteiger charge is 2.49. The van der Waals surface area contributed by atoms with Crippen LogP contribution in [-0.2, 0) is 4.79 Å². The van der Waals surface area contributed by atoms with E-state index in [0.717, 1.165) is 17.7 Å². The molecule has 2 amide bonds. The number of hydrogen-bond donors (Lipinski definition) is 0. The van der Waals surface area contributed by atoms with Crippen molar-refractivity contribution in [3.63, 3.8) is 0 Å². The number of carbonyl (C=O) groups is 2. The molecule has 0 aromatic carbocycles. The van der Waals surface area contributed by atoms with E-state index in [-0.39, 0.29) is 23.9 Å². The van der Waals surface area contributed by atoms with E-state index in [2.05, 4.69) is 9.97 Å². The highest BCUT2D eigenvalue weighted by atomic mass is 16.2. The van der Waals surface area contributed by atoms with Gasteiger partial charge in [0, 0.05) is 31.6 Å². The zero-order valence-electron chi connectivity index (χ0n) is 13.4. The molecule has 0 saturated carbocycles. The number of pyridine rings is 2. The van der Waals surface area contributed by atoms with Crippen molar-refractivity contribution in [2.45, 2.75) is 31.8 Å². The summed E-state index contributed by atoms with van der Waals surface area (Å²) >= 11 is 0. The molecule has 4 heterocycles. The summed E-state index contributed by atoms with van der Waals surface area (Å²) < 4.78 is 0. The summed E-state index contributed by atoms with van der Waals surface area (Å²) in [6.45, 7) is 2.58. The predicted molar refractivity (Wildman–Crippen MR) is 88.5 cm³/mol. The van der Waals surface area contributed by atoms with Crippen LogP contribution in [0.4, 0.5) is 5.69 Å². The molecule has 6 heteroatoms. The standard InChI is InChI=1S/C18H18N4O2/c1-12-7-13(10-20-9-12)18(24)21-6-4-15-16(21)8-17(23)22(15)14-3-2-5-19-11-14/h2-3,5,7,9-11,15-16H,4,6,8H2,1H3/t15-,16+/m1/s1. The zero-order valence-corrected chi connectivity index (χ0v) is 13.4. The first-order valence-electron chi connectivity index (χ1n) is 8.10. The molecule has 0 unspecified atom stereocenters. The first-order chi connectivity index (χ1) is 11.6. The second-order valence-corrected chi connectivity index (χ2v) is 6.35. The number of likely N-dealkylation sites (tertiary alicyclic amines) is 1. The second-order valence-electron chi connectivity index (χ2n) is 6.35. The zero-order chi connectivity index (χ0) is 16.7. The van der Waals surface area contributed by atoms with Gasteiger partial charge < -0.3 is 9.80 Å². The summed E-state index contributed by atoms with van der Waals surface area (Å²) in [7, 11) is 0. The number of anilines is 1. The highest BCUT2D eigenvalue weighted by Crippen LogP contribution is 2.36. The van der Waals surface area contributed by atoms with Crippen molar-refractivity contribution in [1.82, 2.24) is 14.9 Å². The number of hydrogen-bond acceptors (Lipinski definition) is 4. The fraction of sp³-hybridized carbons (Fsp3) is 0.333. The minimum Gasteiger partial charge on any atom is -0.333 e. The third kappa shape index (κ3) is 2.35. The monoisotopic (exact) mass is 322 g/mol. The van der Waals surface area contributed by atoms with Crippen molar-refractivity contribution >= 4 is 17.5 Å². The second kappa shape index (κ2) is 5.70. The summed E-state index contributed by atoms with van der Waals surface area (Å²) in [5.74, 6) is 0.0115. The highest BCUT2D eigenvalue weighted by molar-refractivity contribution is 6.00. The molecular weight excluding hydrogens is 304 g/mol. The molecule has 2 atom stereocenters. The van der Waals surface area contributed by atoms with Crippen LogP contribution in [0.2, 0.25) is 0 Å². The molecule has 4 rings (SSSR count). The van der Waals surface area contributed by atoms with Crippen molar-refractivity contribution in [3.05, 3.63) is 54.1 Å². The molecule has 2 aromatic heterocycles. The Balaban J connectivity index is 1.60.